The van der Waals surface area contributed by atoms with Gasteiger partial charge in [0.15, 0.2) is 29.3 Å². The minimum absolute atomic E-state index is 0.112. The molecule has 1 amide bonds. The van der Waals surface area contributed by atoms with Crippen molar-refractivity contribution in [2.75, 3.05) is 20.5 Å². The van der Waals surface area contributed by atoms with E-state index < -0.39 is 79.2 Å². The molecule has 0 saturated carbocycles. The second kappa shape index (κ2) is 15.7. The molecule has 1 aliphatic rings. The van der Waals surface area contributed by atoms with Crippen molar-refractivity contribution in [2.24, 2.45) is 17.8 Å². The van der Waals surface area contributed by atoms with E-state index in [1.54, 1.807) is 39.8 Å². The summed E-state index contributed by atoms with van der Waals surface area (Å²) in [6.07, 6.45) is -0.811. The zero-order chi connectivity index (χ0) is 32.4. The van der Waals surface area contributed by atoms with Gasteiger partial charge >= 0.3 is 23.9 Å². The molecular weight excluding hydrogens is 576 g/mol. The number of benzene rings is 1. The third-order valence-electron chi connectivity index (χ3n) is 6.65. The Hall–Kier alpha value is -4.68. The molecule has 0 spiro atoms. The van der Waals surface area contributed by atoms with Gasteiger partial charge in [-0.2, -0.15) is 0 Å². The Morgan fingerprint density at radius 2 is 1.68 bits per heavy atom. The zero-order valence-electron chi connectivity index (χ0n) is 25.6. The van der Waals surface area contributed by atoms with Gasteiger partial charge in [0.1, 0.15) is 18.6 Å². The fraction of sp³-hybridized carbons (Fsp3) is 0.484. The molecule has 0 radical (unpaired) electrons. The van der Waals surface area contributed by atoms with Gasteiger partial charge in [-0.05, 0) is 18.9 Å². The number of esters is 4. The standard InChI is InChI=1S/C31H38N2O11/c1-17(2)28(35)42-16-41-26-23(39-6)12-13-32-24(26)27(34)33-22-15-40-30(37)21(14-20-10-8-7-9-11-20)25(19(5)43-31(22)38)44-29(36)18(3)4/h7-13,17-19,21-22,25H,14-16H2,1-6H3,(H,33,34). The topological polar surface area (TPSA) is 166 Å². The molecule has 1 N–H and O–H groups in total. The number of hydrogen-bond donors (Lipinski definition) is 1. The Morgan fingerprint density at radius 1 is 1.00 bits per heavy atom. The third-order valence-corrected chi connectivity index (χ3v) is 6.65. The van der Waals surface area contributed by atoms with Crippen molar-refractivity contribution < 1.29 is 52.4 Å². The van der Waals surface area contributed by atoms with Crippen LogP contribution >= 0.6 is 0 Å². The first kappa shape index (κ1) is 33.8. The molecule has 1 aromatic heterocycles. The number of nitrogens with zero attached hydrogens (tertiary/aromatic N) is 1. The van der Waals surface area contributed by atoms with Gasteiger partial charge in [0.25, 0.3) is 5.91 Å². The van der Waals surface area contributed by atoms with E-state index in [-0.39, 0.29) is 23.6 Å². The summed E-state index contributed by atoms with van der Waals surface area (Å²) in [4.78, 5) is 68.5. The molecule has 1 fully saturated rings. The molecule has 4 unspecified atom stereocenters. The van der Waals surface area contributed by atoms with Crippen LogP contribution in [0.4, 0.5) is 0 Å². The van der Waals surface area contributed by atoms with Crippen LogP contribution in [0, 0.1) is 17.8 Å². The number of cyclic esters (lactones) is 2. The van der Waals surface area contributed by atoms with Gasteiger partial charge in [0.05, 0.1) is 18.9 Å². The fourth-order valence-corrected chi connectivity index (χ4v) is 4.18. The van der Waals surface area contributed by atoms with Gasteiger partial charge < -0.3 is 33.7 Å². The summed E-state index contributed by atoms with van der Waals surface area (Å²) in [5.74, 6) is -5.61. The lowest BCUT2D eigenvalue weighted by Gasteiger charge is -2.29. The van der Waals surface area contributed by atoms with Crippen molar-refractivity contribution in [1.29, 1.82) is 0 Å². The van der Waals surface area contributed by atoms with Gasteiger partial charge in [0, 0.05) is 12.3 Å². The summed E-state index contributed by atoms with van der Waals surface area (Å²) in [5, 5.41) is 2.46. The maximum atomic E-state index is 13.4. The Labute approximate surface area is 255 Å². The molecule has 1 aliphatic heterocycles. The molecule has 1 saturated heterocycles. The number of nitrogens with one attached hydrogen (secondary N) is 1. The summed E-state index contributed by atoms with van der Waals surface area (Å²) in [6, 6.07) is 9.03. The van der Waals surface area contributed by atoms with E-state index in [0.29, 0.717) is 0 Å². The highest BCUT2D eigenvalue weighted by Crippen LogP contribution is 2.30. The highest BCUT2D eigenvalue weighted by atomic mass is 16.7. The van der Waals surface area contributed by atoms with Crippen LogP contribution in [0.1, 0.15) is 50.7 Å². The number of ether oxygens (including phenoxy) is 6. The summed E-state index contributed by atoms with van der Waals surface area (Å²) >= 11 is 0. The molecule has 0 aliphatic carbocycles. The van der Waals surface area contributed by atoms with E-state index in [0.717, 1.165) is 5.56 Å². The van der Waals surface area contributed by atoms with Crippen molar-refractivity contribution in [3.8, 4) is 11.5 Å². The normalized spacial score (nSPS) is 20.4. The van der Waals surface area contributed by atoms with Gasteiger partial charge in [-0.15, -0.1) is 0 Å². The Bertz CT molecular complexity index is 1330. The lowest BCUT2D eigenvalue weighted by molar-refractivity contribution is -0.176. The molecule has 2 aromatic rings. The first-order chi connectivity index (χ1) is 20.9. The maximum Gasteiger partial charge on any atom is 0.332 e. The van der Waals surface area contributed by atoms with Crippen molar-refractivity contribution >= 4 is 29.8 Å². The van der Waals surface area contributed by atoms with E-state index in [4.69, 9.17) is 28.4 Å². The molecule has 3 rings (SSSR count). The van der Waals surface area contributed by atoms with Gasteiger partial charge in [-0.25, -0.2) is 9.78 Å². The summed E-state index contributed by atoms with van der Waals surface area (Å²) in [7, 11) is 1.34. The third kappa shape index (κ3) is 8.91. The number of hydrogen-bond acceptors (Lipinski definition) is 12. The van der Waals surface area contributed by atoms with E-state index in [1.165, 1.54) is 26.3 Å². The van der Waals surface area contributed by atoms with E-state index in [1.807, 2.05) is 18.2 Å². The Morgan fingerprint density at radius 3 is 2.32 bits per heavy atom. The fourth-order valence-electron chi connectivity index (χ4n) is 4.18. The number of aromatic nitrogens is 1. The molecule has 2 heterocycles. The van der Waals surface area contributed by atoms with Gasteiger partial charge in [-0.3, -0.25) is 19.2 Å². The monoisotopic (exact) mass is 614 g/mol. The number of rotatable bonds is 11. The first-order valence-electron chi connectivity index (χ1n) is 14.2. The number of pyridine rings is 1. The second-order valence-electron chi connectivity index (χ2n) is 10.7. The summed E-state index contributed by atoms with van der Waals surface area (Å²) in [5.41, 5.74) is 0.487. The molecule has 0 bridgehead atoms. The molecule has 238 valence electrons. The van der Waals surface area contributed by atoms with Crippen LogP contribution in [0.5, 0.6) is 11.5 Å². The molecule has 44 heavy (non-hydrogen) atoms. The van der Waals surface area contributed by atoms with Crippen LogP contribution in [-0.2, 0) is 44.5 Å². The predicted molar refractivity (Wildman–Crippen MR) is 153 cm³/mol. The maximum absolute atomic E-state index is 13.4. The zero-order valence-corrected chi connectivity index (χ0v) is 25.6. The highest BCUT2D eigenvalue weighted by molar-refractivity contribution is 5.98. The van der Waals surface area contributed by atoms with E-state index in [9.17, 15) is 24.0 Å². The smallest absolute Gasteiger partial charge is 0.332 e. The molecule has 13 heteroatoms. The Balaban J connectivity index is 1.85. The Kier molecular flexibility index (Phi) is 12.1. The van der Waals surface area contributed by atoms with Crippen molar-refractivity contribution in [2.45, 2.75) is 59.3 Å². The lowest BCUT2D eigenvalue weighted by Crippen LogP contribution is -2.47. The van der Waals surface area contributed by atoms with Crippen LogP contribution in [0.15, 0.2) is 42.6 Å². The summed E-state index contributed by atoms with van der Waals surface area (Å²) in [6.45, 7) is 6.98. The largest absolute Gasteiger partial charge is 0.493 e. The highest BCUT2D eigenvalue weighted by Gasteiger charge is 2.42. The van der Waals surface area contributed by atoms with E-state index >= 15 is 0 Å². The number of amides is 1. The quantitative estimate of drug-likeness (QED) is 0.224. The van der Waals surface area contributed by atoms with Crippen LogP contribution in [0.25, 0.3) is 0 Å². The molecule has 13 nitrogen and oxygen atoms in total. The van der Waals surface area contributed by atoms with Crippen molar-refractivity contribution in [3.05, 3.63) is 53.9 Å². The lowest BCUT2D eigenvalue weighted by atomic mass is 9.91. The van der Waals surface area contributed by atoms with Gasteiger partial charge in [0.2, 0.25) is 6.79 Å². The van der Waals surface area contributed by atoms with Crippen LogP contribution in [0.3, 0.4) is 0 Å². The van der Waals surface area contributed by atoms with Crippen molar-refractivity contribution in [3.63, 3.8) is 0 Å². The molecule has 1 aromatic carbocycles. The minimum Gasteiger partial charge on any atom is -0.493 e. The number of carbonyl (C=O) groups is 5. The average Bonchev–Trinajstić information content (AvgIpc) is 3.03. The predicted octanol–water partition coefficient (Wildman–Crippen LogP) is 2.64. The summed E-state index contributed by atoms with van der Waals surface area (Å²) < 4.78 is 32.6. The van der Waals surface area contributed by atoms with E-state index in [2.05, 4.69) is 10.3 Å². The first-order valence-corrected chi connectivity index (χ1v) is 14.2. The van der Waals surface area contributed by atoms with Crippen LogP contribution in [0.2, 0.25) is 0 Å². The number of carbonyl (C=O) groups excluding carboxylic acids is 5. The second-order valence-corrected chi connectivity index (χ2v) is 10.7. The minimum atomic E-state index is -1.45. The van der Waals surface area contributed by atoms with Crippen molar-refractivity contribution in [1.82, 2.24) is 10.3 Å². The van der Waals surface area contributed by atoms with Crippen LogP contribution in [-0.4, -0.2) is 73.5 Å². The molecule has 4 atom stereocenters. The SMILES string of the molecule is COc1ccnc(C(=O)NC2COC(=O)C(Cc3ccccc3)C(OC(=O)C(C)C)C(C)OC2=O)c1OCOC(=O)C(C)C. The van der Waals surface area contributed by atoms with Gasteiger partial charge in [-0.1, -0.05) is 58.0 Å². The van der Waals surface area contributed by atoms with Crippen LogP contribution < -0.4 is 14.8 Å². The number of methoxy groups -OCH3 is 1. The average molecular weight is 615 g/mol. The molecular formula is C31H38N2O11.